The summed E-state index contributed by atoms with van der Waals surface area (Å²) in [5.74, 6) is 0. The van der Waals surface area contributed by atoms with Crippen molar-refractivity contribution in [2.45, 2.75) is 52.2 Å². The average Bonchev–Trinajstić information content (AvgIpc) is 2.41. The largest absolute Gasteiger partial charge is 0.488 e. The summed E-state index contributed by atoms with van der Waals surface area (Å²) in [7, 11) is -1.49. The minimum absolute atomic E-state index is 0.0574. The van der Waals surface area contributed by atoms with Crippen molar-refractivity contribution in [2.24, 2.45) is 11.1 Å². The average molecular weight is 290 g/mol. The Morgan fingerprint density at radius 2 is 1.81 bits per heavy atom. The van der Waals surface area contributed by atoms with Crippen molar-refractivity contribution in [1.29, 1.82) is 0 Å². The lowest BCUT2D eigenvalue weighted by Gasteiger charge is -2.55. The summed E-state index contributed by atoms with van der Waals surface area (Å²) in [5.41, 5.74) is 7.89. The summed E-state index contributed by atoms with van der Waals surface area (Å²) in [4.78, 5) is 2.29. The van der Waals surface area contributed by atoms with Crippen molar-refractivity contribution in [2.75, 3.05) is 6.54 Å². The van der Waals surface area contributed by atoms with Crippen molar-refractivity contribution in [3.05, 3.63) is 29.8 Å². The Kier molecular flexibility index (Phi) is 4.50. The van der Waals surface area contributed by atoms with Gasteiger partial charge in [-0.2, -0.15) is 0 Å². The van der Waals surface area contributed by atoms with Crippen LogP contribution in [0.5, 0.6) is 0 Å². The van der Waals surface area contributed by atoms with E-state index < -0.39 is 7.12 Å². The van der Waals surface area contributed by atoms with Crippen LogP contribution in [0.2, 0.25) is 0 Å². The third-order valence-corrected chi connectivity index (χ3v) is 5.50. The quantitative estimate of drug-likeness (QED) is 0.732. The van der Waals surface area contributed by atoms with E-state index in [0.29, 0.717) is 5.46 Å². The number of rotatable bonds is 3. The van der Waals surface area contributed by atoms with Gasteiger partial charge in [0.2, 0.25) is 0 Å². The molecule has 1 aromatic rings. The number of likely N-dealkylation sites (tertiary alicyclic amines) is 1. The number of benzene rings is 1. The molecule has 0 spiro atoms. The van der Waals surface area contributed by atoms with Gasteiger partial charge in [0.05, 0.1) is 6.17 Å². The first kappa shape index (κ1) is 16.5. The molecule has 0 aliphatic carbocycles. The highest BCUT2D eigenvalue weighted by Gasteiger charge is 2.46. The molecule has 116 valence electrons. The topological polar surface area (TPSA) is 69.7 Å². The Balaban J connectivity index is 2.38. The molecule has 1 aliphatic rings. The van der Waals surface area contributed by atoms with Crippen molar-refractivity contribution in [3.8, 4) is 0 Å². The fourth-order valence-corrected chi connectivity index (χ4v) is 3.34. The van der Waals surface area contributed by atoms with Gasteiger partial charge in [-0.05, 0) is 43.1 Å². The molecule has 4 N–H and O–H groups in total. The summed E-state index contributed by atoms with van der Waals surface area (Å²) >= 11 is 0. The van der Waals surface area contributed by atoms with E-state index in [-0.39, 0.29) is 17.1 Å². The first-order valence-electron chi connectivity index (χ1n) is 7.66. The van der Waals surface area contributed by atoms with Crippen LogP contribution in [0.25, 0.3) is 0 Å². The molecule has 0 saturated carbocycles. The second-order valence-corrected chi connectivity index (χ2v) is 7.19. The van der Waals surface area contributed by atoms with E-state index in [1.807, 2.05) is 12.1 Å². The third-order valence-electron chi connectivity index (χ3n) is 5.50. The molecule has 1 unspecified atom stereocenters. The van der Waals surface area contributed by atoms with Gasteiger partial charge in [-0.25, -0.2) is 0 Å². The van der Waals surface area contributed by atoms with Gasteiger partial charge in [0, 0.05) is 12.1 Å². The first-order valence-corrected chi connectivity index (χ1v) is 7.66. The lowest BCUT2D eigenvalue weighted by molar-refractivity contribution is -0.0571. The fourth-order valence-electron chi connectivity index (χ4n) is 3.34. The molecule has 0 aromatic heterocycles. The lowest BCUT2D eigenvalue weighted by Crippen LogP contribution is -2.60. The van der Waals surface area contributed by atoms with Gasteiger partial charge in [0.25, 0.3) is 0 Å². The smallest absolute Gasteiger partial charge is 0.423 e. The van der Waals surface area contributed by atoms with Crippen LogP contribution in [0, 0.1) is 5.41 Å². The molecule has 21 heavy (non-hydrogen) atoms. The molecule has 2 rings (SSSR count). The molecular formula is C16H27BN2O2. The predicted molar refractivity (Wildman–Crippen MR) is 87.0 cm³/mol. The summed E-state index contributed by atoms with van der Waals surface area (Å²) in [6.07, 6.45) is 1.94. The highest BCUT2D eigenvalue weighted by Crippen LogP contribution is 2.45. The monoisotopic (exact) mass is 290 g/mol. The Bertz CT molecular complexity index is 503. The maximum Gasteiger partial charge on any atom is 0.488 e. The van der Waals surface area contributed by atoms with Gasteiger partial charge in [-0.15, -0.1) is 0 Å². The molecule has 0 bridgehead atoms. The lowest BCUT2D eigenvalue weighted by atomic mass is 9.67. The van der Waals surface area contributed by atoms with E-state index in [4.69, 9.17) is 5.73 Å². The van der Waals surface area contributed by atoms with Crippen LogP contribution < -0.4 is 11.2 Å². The molecular weight excluding hydrogens is 263 g/mol. The van der Waals surface area contributed by atoms with E-state index in [2.05, 4.69) is 32.6 Å². The first-order chi connectivity index (χ1) is 9.68. The van der Waals surface area contributed by atoms with Crippen molar-refractivity contribution >= 4 is 12.6 Å². The van der Waals surface area contributed by atoms with Crippen molar-refractivity contribution in [3.63, 3.8) is 0 Å². The minimum atomic E-state index is -1.49. The van der Waals surface area contributed by atoms with Crippen LogP contribution in [0.1, 0.15) is 52.3 Å². The van der Waals surface area contributed by atoms with Crippen molar-refractivity contribution in [1.82, 2.24) is 4.90 Å². The summed E-state index contributed by atoms with van der Waals surface area (Å²) in [6, 6.07) is 7.30. The Morgan fingerprint density at radius 3 is 2.43 bits per heavy atom. The van der Waals surface area contributed by atoms with Crippen LogP contribution >= 0.6 is 0 Å². The molecule has 5 heteroatoms. The molecule has 4 nitrogen and oxygen atoms in total. The minimum Gasteiger partial charge on any atom is -0.423 e. The maximum absolute atomic E-state index is 9.57. The Morgan fingerprint density at radius 1 is 1.19 bits per heavy atom. The number of nitrogens with two attached hydrogens (primary N) is 1. The molecule has 1 atom stereocenters. The van der Waals surface area contributed by atoms with Gasteiger partial charge in [-0.3, -0.25) is 4.90 Å². The van der Waals surface area contributed by atoms with Crippen LogP contribution in [0.4, 0.5) is 0 Å². The molecule has 0 radical (unpaired) electrons. The Labute approximate surface area is 128 Å². The van der Waals surface area contributed by atoms with E-state index in [9.17, 15) is 10.0 Å². The predicted octanol–water partition coefficient (Wildman–Crippen LogP) is 1.22. The van der Waals surface area contributed by atoms with E-state index >= 15 is 0 Å². The van der Waals surface area contributed by atoms with Gasteiger partial charge >= 0.3 is 7.12 Å². The van der Waals surface area contributed by atoms with E-state index in [1.165, 1.54) is 6.42 Å². The normalized spacial score (nSPS) is 22.8. The van der Waals surface area contributed by atoms with Crippen LogP contribution in [0.15, 0.2) is 24.3 Å². The second-order valence-electron chi connectivity index (χ2n) is 7.19. The number of nitrogens with zero attached hydrogens (tertiary/aromatic N) is 1. The SMILES string of the molecule is CC1(C)CCCN(C(N)c2ccccc2B(O)O)C1(C)C. The van der Waals surface area contributed by atoms with Gasteiger partial charge in [0.15, 0.2) is 0 Å². The zero-order chi connectivity index (χ0) is 15.8. The summed E-state index contributed by atoms with van der Waals surface area (Å²) in [5, 5.41) is 19.1. The standard InChI is InChI=1S/C16H27BN2O2/c1-15(2)10-7-11-19(16(15,3)4)14(18)12-8-5-6-9-13(12)17(20)21/h5-6,8-9,14,20-21H,7,10-11,18H2,1-4H3. The molecule has 1 aromatic carbocycles. The third kappa shape index (κ3) is 2.88. The highest BCUT2D eigenvalue weighted by molar-refractivity contribution is 6.59. The zero-order valence-corrected chi connectivity index (χ0v) is 13.5. The van der Waals surface area contributed by atoms with E-state index in [1.54, 1.807) is 12.1 Å². The number of piperidine rings is 1. The molecule has 1 fully saturated rings. The van der Waals surface area contributed by atoms with Crippen LogP contribution in [-0.4, -0.2) is 34.2 Å². The molecule has 1 saturated heterocycles. The number of hydrogen-bond donors (Lipinski definition) is 3. The summed E-state index contributed by atoms with van der Waals surface area (Å²) < 4.78 is 0. The summed E-state index contributed by atoms with van der Waals surface area (Å²) in [6.45, 7) is 9.93. The maximum atomic E-state index is 9.57. The van der Waals surface area contributed by atoms with Gasteiger partial charge in [0.1, 0.15) is 0 Å². The number of hydrogen-bond acceptors (Lipinski definition) is 4. The zero-order valence-electron chi connectivity index (χ0n) is 13.5. The van der Waals surface area contributed by atoms with E-state index in [0.717, 1.165) is 18.5 Å². The Hall–Kier alpha value is -0.875. The molecule has 0 amide bonds. The highest BCUT2D eigenvalue weighted by atomic mass is 16.4. The van der Waals surface area contributed by atoms with Gasteiger partial charge in [-0.1, -0.05) is 38.1 Å². The fraction of sp³-hybridized carbons (Fsp3) is 0.625. The van der Waals surface area contributed by atoms with Crippen LogP contribution in [0.3, 0.4) is 0 Å². The molecule has 1 aliphatic heterocycles. The van der Waals surface area contributed by atoms with Crippen LogP contribution in [-0.2, 0) is 0 Å². The van der Waals surface area contributed by atoms with Gasteiger partial charge < -0.3 is 15.8 Å². The molecule has 1 heterocycles. The second kappa shape index (κ2) is 5.73. The van der Waals surface area contributed by atoms with Crippen molar-refractivity contribution < 1.29 is 10.0 Å².